The number of carboxylic acid groups (broad SMARTS) is 1. The third-order valence-electron chi connectivity index (χ3n) is 2.48. The Balaban J connectivity index is 2.50. The number of hydrogen-bond acceptors (Lipinski definition) is 4. The van der Waals surface area contributed by atoms with Crippen LogP contribution in [0.5, 0.6) is 0 Å². The fourth-order valence-electron chi connectivity index (χ4n) is 1.54. The lowest BCUT2D eigenvalue weighted by molar-refractivity contribution is -0.145. The summed E-state index contributed by atoms with van der Waals surface area (Å²) >= 11 is 0. The lowest BCUT2D eigenvalue weighted by Gasteiger charge is -2.19. The van der Waals surface area contributed by atoms with E-state index in [1.807, 2.05) is 0 Å². The average Bonchev–Trinajstić information content (AvgIpc) is 2.65. The molecule has 0 aromatic carbocycles. The molecule has 1 rings (SSSR count). The van der Waals surface area contributed by atoms with Crippen molar-refractivity contribution in [2.75, 3.05) is 13.1 Å². The summed E-state index contributed by atoms with van der Waals surface area (Å²) in [5.41, 5.74) is 0. The van der Waals surface area contributed by atoms with E-state index in [9.17, 15) is 9.59 Å². The van der Waals surface area contributed by atoms with Crippen molar-refractivity contribution in [1.82, 2.24) is 10.6 Å². The maximum absolute atomic E-state index is 11.5. The molecule has 0 radical (unpaired) electrons. The van der Waals surface area contributed by atoms with Crippen molar-refractivity contribution in [1.29, 1.82) is 0 Å². The number of aliphatic hydroxyl groups excluding tert-OH is 1. The monoisotopic (exact) mass is 216 g/mol. The molecule has 3 atom stereocenters. The van der Waals surface area contributed by atoms with Gasteiger partial charge in [0.25, 0.3) is 0 Å². The first-order valence-corrected chi connectivity index (χ1v) is 4.94. The molecule has 0 aliphatic carbocycles. The predicted octanol–water partition coefficient (Wildman–Crippen LogP) is -1.45. The highest BCUT2D eigenvalue weighted by atomic mass is 16.4. The van der Waals surface area contributed by atoms with Gasteiger partial charge in [-0.1, -0.05) is 0 Å². The summed E-state index contributed by atoms with van der Waals surface area (Å²) < 4.78 is 0. The standard InChI is InChI=1S/C9H16N2O4/c1-5(12)7(9(14)15)11-8(13)6-2-3-10-4-6/h5-7,10,12H,2-4H2,1H3,(H,11,13)(H,14,15)/t5-,6?,7+/m1/s1. The fraction of sp³-hybridized carbons (Fsp3) is 0.778. The normalized spacial score (nSPS) is 24.5. The number of carboxylic acids is 1. The van der Waals surface area contributed by atoms with Gasteiger partial charge < -0.3 is 20.8 Å². The van der Waals surface area contributed by atoms with Gasteiger partial charge in [0.15, 0.2) is 6.04 Å². The van der Waals surface area contributed by atoms with Crippen molar-refractivity contribution in [3.63, 3.8) is 0 Å². The molecule has 15 heavy (non-hydrogen) atoms. The molecule has 1 aliphatic rings. The van der Waals surface area contributed by atoms with Crippen LogP contribution in [-0.2, 0) is 9.59 Å². The van der Waals surface area contributed by atoms with Crippen LogP contribution in [0.2, 0.25) is 0 Å². The van der Waals surface area contributed by atoms with E-state index >= 15 is 0 Å². The molecule has 1 heterocycles. The van der Waals surface area contributed by atoms with Gasteiger partial charge in [0, 0.05) is 6.54 Å². The third-order valence-corrected chi connectivity index (χ3v) is 2.48. The van der Waals surface area contributed by atoms with Crippen LogP contribution in [0.4, 0.5) is 0 Å². The molecule has 1 amide bonds. The van der Waals surface area contributed by atoms with E-state index < -0.39 is 18.1 Å². The van der Waals surface area contributed by atoms with Crippen LogP contribution in [0.15, 0.2) is 0 Å². The van der Waals surface area contributed by atoms with Crippen LogP contribution >= 0.6 is 0 Å². The summed E-state index contributed by atoms with van der Waals surface area (Å²) in [5.74, 6) is -1.72. The zero-order valence-electron chi connectivity index (χ0n) is 8.56. The molecule has 0 aromatic heterocycles. The number of carbonyl (C=O) groups excluding carboxylic acids is 1. The minimum absolute atomic E-state index is 0.189. The van der Waals surface area contributed by atoms with Gasteiger partial charge in [0.1, 0.15) is 0 Å². The van der Waals surface area contributed by atoms with Crippen molar-refractivity contribution in [2.24, 2.45) is 5.92 Å². The number of aliphatic carboxylic acids is 1. The molecule has 0 aromatic rings. The van der Waals surface area contributed by atoms with Crippen molar-refractivity contribution in [3.05, 3.63) is 0 Å². The third kappa shape index (κ3) is 3.17. The Morgan fingerprint density at radius 1 is 1.53 bits per heavy atom. The zero-order valence-corrected chi connectivity index (χ0v) is 8.56. The van der Waals surface area contributed by atoms with E-state index in [2.05, 4.69) is 10.6 Å². The Labute approximate surface area is 87.7 Å². The second-order valence-electron chi connectivity index (χ2n) is 3.75. The molecule has 1 saturated heterocycles. The summed E-state index contributed by atoms with van der Waals surface area (Å²) in [6.45, 7) is 2.68. The summed E-state index contributed by atoms with van der Waals surface area (Å²) in [4.78, 5) is 22.2. The maximum Gasteiger partial charge on any atom is 0.328 e. The minimum Gasteiger partial charge on any atom is -0.480 e. The molecule has 1 fully saturated rings. The van der Waals surface area contributed by atoms with Crippen LogP contribution in [0.25, 0.3) is 0 Å². The van der Waals surface area contributed by atoms with Gasteiger partial charge >= 0.3 is 5.97 Å². The van der Waals surface area contributed by atoms with E-state index in [0.717, 1.165) is 6.54 Å². The summed E-state index contributed by atoms with van der Waals surface area (Å²) in [6.07, 6.45) is -0.390. The van der Waals surface area contributed by atoms with E-state index in [-0.39, 0.29) is 11.8 Å². The number of amides is 1. The molecular weight excluding hydrogens is 200 g/mol. The van der Waals surface area contributed by atoms with Gasteiger partial charge in [-0.3, -0.25) is 4.79 Å². The Morgan fingerprint density at radius 3 is 2.60 bits per heavy atom. The molecule has 0 spiro atoms. The van der Waals surface area contributed by atoms with Crippen molar-refractivity contribution in [2.45, 2.75) is 25.5 Å². The fourth-order valence-corrected chi connectivity index (χ4v) is 1.54. The predicted molar refractivity (Wildman–Crippen MR) is 52.2 cm³/mol. The number of carbonyl (C=O) groups is 2. The molecule has 0 bridgehead atoms. The van der Waals surface area contributed by atoms with Gasteiger partial charge in [-0.25, -0.2) is 4.79 Å². The number of aliphatic hydroxyl groups is 1. The van der Waals surface area contributed by atoms with Gasteiger partial charge in [-0.05, 0) is 19.9 Å². The molecule has 1 unspecified atom stereocenters. The first-order chi connectivity index (χ1) is 7.02. The summed E-state index contributed by atoms with van der Waals surface area (Å²) in [7, 11) is 0. The van der Waals surface area contributed by atoms with E-state index in [4.69, 9.17) is 10.2 Å². The highest BCUT2D eigenvalue weighted by molar-refractivity contribution is 5.85. The Morgan fingerprint density at radius 2 is 2.20 bits per heavy atom. The average molecular weight is 216 g/mol. The molecule has 6 nitrogen and oxygen atoms in total. The topological polar surface area (TPSA) is 98.7 Å². The Bertz CT molecular complexity index is 248. The summed E-state index contributed by atoms with van der Waals surface area (Å²) in [5, 5.41) is 23.3. The molecule has 0 saturated carbocycles. The van der Waals surface area contributed by atoms with Crippen molar-refractivity contribution in [3.8, 4) is 0 Å². The first kappa shape index (κ1) is 11.9. The lowest BCUT2D eigenvalue weighted by Crippen LogP contribution is -2.49. The SMILES string of the molecule is C[C@@H](O)[C@H](NC(=O)C1CCNC1)C(=O)O. The molecule has 1 aliphatic heterocycles. The zero-order chi connectivity index (χ0) is 11.4. The molecular formula is C9H16N2O4. The van der Waals surface area contributed by atoms with Gasteiger partial charge in [-0.2, -0.15) is 0 Å². The van der Waals surface area contributed by atoms with Crippen LogP contribution in [-0.4, -0.2) is 47.3 Å². The highest BCUT2D eigenvalue weighted by Crippen LogP contribution is 2.08. The van der Waals surface area contributed by atoms with Crippen LogP contribution in [0, 0.1) is 5.92 Å². The second-order valence-corrected chi connectivity index (χ2v) is 3.75. The van der Waals surface area contributed by atoms with E-state index in [1.165, 1.54) is 6.92 Å². The second kappa shape index (κ2) is 5.09. The number of rotatable bonds is 4. The first-order valence-electron chi connectivity index (χ1n) is 4.94. The Hall–Kier alpha value is -1.14. The van der Waals surface area contributed by atoms with E-state index in [1.54, 1.807) is 0 Å². The van der Waals surface area contributed by atoms with E-state index in [0.29, 0.717) is 13.0 Å². The van der Waals surface area contributed by atoms with Gasteiger partial charge in [0.2, 0.25) is 5.91 Å². The van der Waals surface area contributed by atoms with Gasteiger partial charge in [-0.15, -0.1) is 0 Å². The van der Waals surface area contributed by atoms with Crippen LogP contribution < -0.4 is 10.6 Å². The smallest absolute Gasteiger partial charge is 0.328 e. The molecule has 4 N–H and O–H groups in total. The minimum atomic E-state index is -1.22. The molecule has 86 valence electrons. The summed E-state index contributed by atoms with van der Waals surface area (Å²) in [6, 6.07) is -1.22. The maximum atomic E-state index is 11.5. The lowest BCUT2D eigenvalue weighted by atomic mass is 10.1. The van der Waals surface area contributed by atoms with Gasteiger partial charge in [0.05, 0.1) is 12.0 Å². The number of nitrogens with one attached hydrogen (secondary N) is 2. The largest absolute Gasteiger partial charge is 0.480 e. The quantitative estimate of drug-likeness (QED) is 0.460. The highest BCUT2D eigenvalue weighted by Gasteiger charge is 2.29. The van der Waals surface area contributed by atoms with Crippen molar-refractivity contribution >= 4 is 11.9 Å². The Kier molecular flexibility index (Phi) is 4.05. The number of hydrogen-bond donors (Lipinski definition) is 4. The van der Waals surface area contributed by atoms with Crippen LogP contribution in [0.3, 0.4) is 0 Å². The van der Waals surface area contributed by atoms with Crippen LogP contribution in [0.1, 0.15) is 13.3 Å². The van der Waals surface area contributed by atoms with Crippen molar-refractivity contribution < 1.29 is 19.8 Å². The molecule has 6 heteroatoms.